The van der Waals surface area contributed by atoms with Crippen molar-refractivity contribution in [3.8, 4) is 0 Å². The predicted molar refractivity (Wildman–Crippen MR) is 42.2 cm³/mol. The van der Waals surface area contributed by atoms with E-state index in [1.165, 1.54) is 6.08 Å². The molecule has 0 heterocycles. The van der Waals surface area contributed by atoms with Crippen LogP contribution in [0.5, 0.6) is 0 Å². The zero-order chi connectivity index (χ0) is 9.14. The Labute approximate surface area is 68.7 Å². The van der Waals surface area contributed by atoms with Crippen molar-refractivity contribution in [1.29, 1.82) is 5.41 Å². The van der Waals surface area contributed by atoms with Gasteiger partial charge in [-0.25, -0.2) is 4.79 Å². The zero-order valence-corrected chi connectivity index (χ0v) is 6.20. The molecule has 0 aromatic carbocycles. The van der Waals surface area contributed by atoms with Crippen LogP contribution in [0.25, 0.3) is 0 Å². The van der Waals surface area contributed by atoms with E-state index in [1.54, 1.807) is 12.2 Å². The van der Waals surface area contributed by atoms with Gasteiger partial charge in [0.05, 0.1) is 5.57 Å². The molecule has 0 fully saturated rings. The maximum absolute atomic E-state index is 11.0. The minimum Gasteiger partial charge on any atom is -0.477 e. The van der Waals surface area contributed by atoms with Crippen molar-refractivity contribution in [2.75, 3.05) is 0 Å². The van der Waals surface area contributed by atoms with Gasteiger partial charge < -0.3 is 5.11 Å². The zero-order valence-electron chi connectivity index (χ0n) is 6.20. The topological polar surface area (TPSA) is 78.2 Å². The van der Waals surface area contributed by atoms with Crippen LogP contribution in [0, 0.1) is 5.41 Å². The third kappa shape index (κ3) is 1.47. The van der Waals surface area contributed by atoms with Crippen molar-refractivity contribution in [1.82, 2.24) is 0 Å². The molecule has 62 valence electrons. The molecule has 0 aromatic rings. The van der Waals surface area contributed by atoms with Crippen LogP contribution >= 0.6 is 0 Å². The fourth-order valence-electron chi connectivity index (χ4n) is 0.880. The van der Waals surface area contributed by atoms with Crippen LogP contribution in [-0.4, -0.2) is 22.6 Å². The summed E-state index contributed by atoms with van der Waals surface area (Å²) >= 11 is 0. The molecule has 0 aromatic heterocycles. The van der Waals surface area contributed by atoms with Crippen LogP contribution in [0.2, 0.25) is 0 Å². The summed E-state index contributed by atoms with van der Waals surface area (Å²) in [6.45, 7) is 0. The van der Waals surface area contributed by atoms with E-state index in [9.17, 15) is 9.59 Å². The van der Waals surface area contributed by atoms with Crippen LogP contribution < -0.4 is 0 Å². The van der Waals surface area contributed by atoms with E-state index in [-0.39, 0.29) is 17.8 Å². The quantitative estimate of drug-likeness (QED) is 0.586. The first-order chi connectivity index (χ1) is 5.63. The highest BCUT2D eigenvalue weighted by atomic mass is 16.4. The highest BCUT2D eigenvalue weighted by Gasteiger charge is 2.19. The number of carbonyl (C=O) groups excluding carboxylic acids is 1. The van der Waals surface area contributed by atoms with Gasteiger partial charge in [0.2, 0.25) is 0 Å². The monoisotopic (exact) mass is 165 g/mol. The van der Waals surface area contributed by atoms with E-state index in [4.69, 9.17) is 10.5 Å². The summed E-state index contributed by atoms with van der Waals surface area (Å²) in [5, 5.41) is 15.5. The number of hydrogen-bond donors (Lipinski definition) is 2. The van der Waals surface area contributed by atoms with Gasteiger partial charge in [-0.05, 0) is 6.08 Å². The summed E-state index contributed by atoms with van der Waals surface area (Å²) in [5.41, 5.74) is -0.658. The molecule has 0 spiro atoms. The Balaban J connectivity index is 2.94. The third-order valence-corrected chi connectivity index (χ3v) is 1.49. The Hall–Kier alpha value is -1.71. The summed E-state index contributed by atoms with van der Waals surface area (Å²) in [4.78, 5) is 21.3. The lowest BCUT2D eigenvalue weighted by molar-refractivity contribution is -0.129. The number of nitrogens with one attached hydrogen (secondary N) is 1. The third-order valence-electron chi connectivity index (χ3n) is 1.49. The minimum absolute atomic E-state index is 0.0231. The Kier molecular flexibility index (Phi) is 2.19. The normalized spacial score (nSPS) is 15.7. The molecule has 0 amide bonds. The molecule has 0 unspecified atom stereocenters. The lowest BCUT2D eigenvalue weighted by Crippen LogP contribution is -2.20. The summed E-state index contributed by atoms with van der Waals surface area (Å²) < 4.78 is 0. The molecule has 0 saturated carbocycles. The smallest absolute Gasteiger partial charge is 0.354 e. The van der Waals surface area contributed by atoms with Gasteiger partial charge in [-0.1, -0.05) is 12.2 Å². The summed E-state index contributed by atoms with van der Waals surface area (Å²) in [7, 11) is 0. The fraction of sp³-hybridized carbons (Fsp3) is 0.125. The molecule has 0 radical (unpaired) electrons. The van der Waals surface area contributed by atoms with E-state index in [1.807, 2.05) is 0 Å². The number of hydrogen-bond acceptors (Lipinski definition) is 3. The van der Waals surface area contributed by atoms with Gasteiger partial charge in [-0.15, -0.1) is 0 Å². The summed E-state index contributed by atoms with van der Waals surface area (Å²) in [6, 6.07) is 0. The molecule has 0 bridgehead atoms. The van der Waals surface area contributed by atoms with E-state index in [0.29, 0.717) is 0 Å². The van der Waals surface area contributed by atoms with E-state index < -0.39 is 11.7 Å². The molecule has 2 N–H and O–H groups in total. The maximum atomic E-state index is 11.0. The van der Waals surface area contributed by atoms with Crippen molar-refractivity contribution in [2.24, 2.45) is 0 Å². The minimum atomic E-state index is -1.37. The van der Waals surface area contributed by atoms with Gasteiger partial charge in [0.15, 0.2) is 11.5 Å². The predicted octanol–water partition coefficient (Wildman–Crippen LogP) is 0.546. The molecular formula is C8H7NO3. The number of allylic oxidation sites excluding steroid dienone is 3. The Bertz CT molecular complexity index is 312. The molecule has 1 rings (SSSR count). The highest BCUT2D eigenvalue weighted by molar-refractivity contribution is 6.48. The number of carboxylic acids is 1. The lowest BCUT2D eigenvalue weighted by Gasteiger charge is -2.04. The summed E-state index contributed by atoms with van der Waals surface area (Å²) in [5.74, 6) is -1.69. The number of carbonyl (C=O) groups is 2. The Morgan fingerprint density at radius 1 is 1.58 bits per heavy atom. The van der Waals surface area contributed by atoms with E-state index >= 15 is 0 Å². The average molecular weight is 165 g/mol. The molecule has 12 heavy (non-hydrogen) atoms. The SMILES string of the molecule is N=C(C(=O)O)C1=CC=CCC1=O. The Morgan fingerprint density at radius 2 is 2.25 bits per heavy atom. The van der Waals surface area contributed by atoms with Crippen LogP contribution in [0.1, 0.15) is 6.42 Å². The van der Waals surface area contributed by atoms with Gasteiger partial charge in [-0.2, -0.15) is 0 Å². The molecule has 1 aliphatic carbocycles. The van der Waals surface area contributed by atoms with Gasteiger partial charge in [0.1, 0.15) is 0 Å². The number of carboxylic acid groups (broad SMARTS) is 1. The second kappa shape index (κ2) is 3.13. The van der Waals surface area contributed by atoms with E-state index in [2.05, 4.69) is 0 Å². The Morgan fingerprint density at radius 3 is 2.75 bits per heavy atom. The first kappa shape index (κ1) is 8.39. The number of ketones is 1. The molecule has 4 nitrogen and oxygen atoms in total. The van der Waals surface area contributed by atoms with E-state index in [0.717, 1.165) is 0 Å². The highest BCUT2D eigenvalue weighted by Crippen LogP contribution is 2.08. The second-order valence-corrected chi connectivity index (χ2v) is 2.32. The number of aliphatic carboxylic acids is 1. The van der Waals surface area contributed by atoms with Crippen LogP contribution in [0.3, 0.4) is 0 Å². The largest absolute Gasteiger partial charge is 0.477 e. The van der Waals surface area contributed by atoms with Gasteiger partial charge in [0.25, 0.3) is 0 Å². The van der Waals surface area contributed by atoms with Crippen molar-refractivity contribution >= 4 is 17.5 Å². The number of rotatable bonds is 2. The summed E-state index contributed by atoms with van der Waals surface area (Å²) in [6.07, 6.45) is 4.74. The van der Waals surface area contributed by atoms with Crippen LogP contribution in [0.15, 0.2) is 23.8 Å². The molecule has 4 heteroatoms. The number of Topliss-reactive ketones (excluding diaryl/α,β-unsaturated/α-hetero) is 1. The molecule has 0 aliphatic heterocycles. The molecule has 1 aliphatic rings. The fourth-order valence-corrected chi connectivity index (χ4v) is 0.880. The average Bonchev–Trinajstić information content (AvgIpc) is 2.04. The van der Waals surface area contributed by atoms with Crippen molar-refractivity contribution in [2.45, 2.75) is 6.42 Å². The van der Waals surface area contributed by atoms with Crippen molar-refractivity contribution in [3.05, 3.63) is 23.8 Å². The van der Waals surface area contributed by atoms with Crippen molar-refractivity contribution < 1.29 is 14.7 Å². The van der Waals surface area contributed by atoms with Crippen molar-refractivity contribution in [3.63, 3.8) is 0 Å². The second-order valence-electron chi connectivity index (χ2n) is 2.32. The van der Waals surface area contributed by atoms with Gasteiger partial charge in [0, 0.05) is 6.42 Å². The van der Waals surface area contributed by atoms with Gasteiger partial charge >= 0.3 is 5.97 Å². The van der Waals surface area contributed by atoms with Crippen LogP contribution in [-0.2, 0) is 9.59 Å². The maximum Gasteiger partial charge on any atom is 0.354 e. The lowest BCUT2D eigenvalue weighted by atomic mass is 9.99. The van der Waals surface area contributed by atoms with Gasteiger partial charge in [-0.3, -0.25) is 10.2 Å². The van der Waals surface area contributed by atoms with Crippen LogP contribution in [0.4, 0.5) is 0 Å². The first-order valence-electron chi connectivity index (χ1n) is 3.35. The first-order valence-corrected chi connectivity index (χ1v) is 3.35. The molecular weight excluding hydrogens is 158 g/mol. The molecule has 0 saturated heterocycles. The molecule has 0 atom stereocenters. The standard InChI is InChI=1S/C8H7NO3/c9-7(8(11)12)5-3-1-2-4-6(5)10/h1-3,9H,4H2,(H,11,12).